The highest BCUT2D eigenvalue weighted by Gasteiger charge is 2.06. The third kappa shape index (κ3) is 3.31. The number of fused-ring (bicyclic) bond motifs is 1. The second-order valence-electron chi connectivity index (χ2n) is 4.46. The number of ether oxygens (including phenoxy) is 2. The van der Waals surface area contributed by atoms with Crippen LogP contribution in [0.2, 0.25) is 0 Å². The van der Waals surface area contributed by atoms with Crippen molar-refractivity contribution in [2.24, 2.45) is 0 Å². The first-order valence-electron chi connectivity index (χ1n) is 6.49. The van der Waals surface area contributed by atoms with Crippen LogP contribution in [0, 0.1) is 0 Å². The molecule has 0 amide bonds. The van der Waals surface area contributed by atoms with E-state index in [1.165, 1.54) is 4.70 Å². The van der Waals surface area contributed by atoms with E-state index in [9.17, 15) is 0 Å². The van der Waals surface area contributed by atoms with E-state index in [-0.39, 0.29) is 0 Å². The lowest BCUT2D eigenvalue weighted by atomic mass is 10.2. The molecule has 0 aliphatic carbocycles. The zero-order chi connectivity index (χ0) is 14.7. The normalized spacial score (nSPS) is 10.8. The van der Waals surface area contributed by atoms with E-state index in [1.807, 2.05) is 36.4 Å². The molecule has 3 aromatic rings. The molecule has 0 fully saturated rings. The molecule has 1 aromatic heterocycles. The highest BCUT2D eigenvalue weighted by atomic mass is 32.2. The Morgan fingerprint density at radius 3 is 2.43 bits per heavy atom. The second-order valence-corrected chi connectivity index (χ2v) is 6.71. The van der Waals surface area contributed by atoms with Gasteiger partial charge in [0.25, 0.3) is 0 Å². The largest absolute Gasteiger partial charge is 0.497 e. The SMILES string of the molecule is COc1cc(CSc2nc3ccccc3s2)cc(OC)c1. The van der Waals surface area contributed by atoms with Crippen LogP contribution in [0.5, 0.6) is 11.5 Å². The Bertz CT molecular complexity index is 700. The quantitative estimate of drug-likeness (QED) is 0.643. The van der Waals surface area contributed by atoms with Crippen molar-refractivity contribution in [3.05, 3.63) is 48.0 Å². The number of para-hydroxylation sites is 1. The summed E-state index contributed by atoms with van der Waals surface area (Å²) in [6.07, 6.45) is 0. The highest BCUT2D eigenvalue weighted by Crippen LogP contribution is 2.33. The summed E-state index contributed by atoms with van der Waals surface area (Å²) in [6, 6.07) is 14.2. The van der Waals surface area contributed by atoms with Crippen LogP contribution in [0.25, 0.3) is 10.2 Å². The van der Waals surface area contributed by atoms with Crippen molar-refractivity contribution in [3.8, 4) is 11.5 Å². The topological polar surface area (TPSA) is 31.4 Å². The van der Waals surface area contributed by atoms with E-state index in [4.69, 9.17) is 9.47 Å². The summed E-state index contributed by atoms with van der Waals surface area (Å²) in [4.78, 5) is 4.63. The number of thioether (sulfide) groups is 1. The van der Waals surface area contributed by atoms with Gasteiger partial charge >= 0.3 is 0 Å². The first-order valence-corrected chi connectivity index (χ1v) is 8.29. The van der Waals surface area contributed by atoms with Crippen molar-refractivity contribution in [1.29, 1.82) is 0 Å². The molecule has 0 radical (unpaired) electrons. The number of hydrogen-bond acceptors (Lipinski definition) is 5. The lowest BCUT2D eigenvalue weighted by Crippen LogP contribution is -1.90. The Morgan fingerprint density at radius 2 is 1.76 bits per heavy atom. The lowest BCUT2D eigenvalue weighted by Gasteiger charge is -2.07. The Kier molecular flexibility index (Phi) is 4.31. The molecule has 3 nitrogen and oxygen atoms in total. The Hall–Kier alpha value is -1.72. The number of benzene rings is 2. The summed E-state index contributed by atoms with van der Waals surface area (Å²) in [6.45, 7) is 0. The van der Waals surface area contributed by atoms with Crippen LogP contribution in [-0.2, 0) is 5.75 Å². The molecule has 0 unspecified atom stereocenters. The minimum absolute atomic E-state index is 0.814. The summed E-state index contributed by atoms with van der Waals surface area (Å²) in [5, 5.41) is 0. The molecule has 2 aromatic carbocycles. The third-order valence-electron chi connectivity index (χ3n) is 3.05. The zero-order valence-corrected chi connectivity index (χ0v) is 13.5. The van der Waals surface area contributed by atoms with Gasteiger partial charge < -0.3 is 9.47 Å². The minimum atomic E-state index is 0.814. The third-order valence-corrected chi connectivity index (χ3v) is 5.30. The number of nitrogens with zero attached hydrogens (tertiary/aromatic N) is 1. The Labute approximate surface area is 131 Å². The number of hydrogen-bond donors (Lipinski definition) is 0. The molecule has 0 spiro atoms. The summed E-state index contributed by atoms with van der Waals surface area (Å²) in [5.41, 5.74) is 2.23. The Balaban J connectivity index is 1.77. The van der Waals surface area contributed by atoms with Crippen LogP contribution in [0.1, 0.15) is 5.56 Å². The molecule has 0 aliphatic rings. The van der Waals surface area contributed by atoms with E-state index < -0.39 is 0 Å². The minimum Gasteiger partial charge on any atom is -0.497 e. The van der Waals surface area contributed by atoms with Crippen molar-refractivity contribution in [2.45, 2.75) is 10.1 Å². The number of thiazole rings is 1. The maximum absolute atomic E-state index is 5.30. The summed E-state index contributed by atoms with van der Waals surface area (Å²) in [5.74, 6) is 2.47. The van der Waals surface area contributed by atoms with Gasteiger partial charge in [-0.1, -0.05) is 23.9 Å². The van der Waals surface area contributed by atoms with Crippen LogP contribution < -0.4 is 9.47 Å². The van der Waals surface area contributed by atoms with Gasteiger partial charge in [0.2, 0.25) is 0 Å². The average molecular weight is 317 g/mol. The monoisotopic (exact) mass is 317 g/mol. The van der Waals surface area contributed by atoms with Gasteiger partial charge in [-0.2, -0.15) is 0 Å². The van der Waals surface area contributed by atoms with Gasteiger partial charge in [-0.25, -0.2) is 4.98 Å². The number of rotatable bonds is 5. The molecule has 1 heterocycles. The van der Waals surface area contributed by atoms with Crippen molar-refractivity contribution in [2.75, 3.05) is 14.2 Å². The fourth-order valence-corrected chi connectivity index (χ4v) is 4.01. The smallest absolute Gasteiger partial charge is 0.151 e. The number of aromatic nitrogens is 1. The summed E-state index contributed by atoms with van der Waals surface area (Å²) >= 11 is 3.46. The maximum atomic E-state index is 5.30. The van der Waals surface area contributed by atoms with Gasteiger partial charge in [-0.05, 0) is 29.8 Å². The second kappa shape index (κ2) is 6.37. The molecule has 0 saturated heterocycles. The lowest BCUT2D eigenvalue weighted by molar-refractivity contribution is 0.393. The van der Waals surface area contributed by atoms with Gasteiger partial charge in [0, 0.05) is 11.8 Å². The molecular weight excluding hydrogens is 302 g/mol. The first kappa shape index (κ1) is 14.2. The predicted octanol–water partition coefficient (Wildman–Crippen LogP) is 4.61. The van der Waals surface area contributed by atoms with E-state index >= 15 is 0 Å². The van der Waals surface area contributed by atoms with Gasteiger partial charge in [0.1, 0.15) is 11.5 Å². The molecule has 0 saturated carbocycles. The molecule has 0 N–H and O–H groups in total. The van der Waals surface area contributed by atoms with Crippen LogP contribution in [0.3, 0.4) is 0 Å². The fraction of sp³-hybridized carbons (Fsp3) is 0.188. The number of methoxy groups -OCH3 is 2. The maximum Gasteiger partial charge on any atom is 0.151 e. The first-order chi connectivity index (χ1) is 10.3. The molecule has 3 rings (SSSR count). The van der Waals surface area contributed by atoms with Crippen molar-refractivity contribution >= 4 is 33.3 Å². The van der Waals surface area contributed by atoms with Crippen LogP contribution in [-0.4, -0.2) is 19.2 Å². The van der Waals surface area contributed by atoms with Gasteiger partial charge in [0.05, 0.1) is 24.4 Å². The zero-order valence-electron chi connectivity index (χ0n) is 11.8. The van der Waals surface area contributed by atoms with E-state index in [2.05, 4.69) is 11.1 Å². The highest BCUT2D eigenvalue weighted by molar-refractivity contribution is 8.00. The predicted molar refractivity (Wildman–Crippen MR) is 88.7 cm³/mol. The summed E-state index contributed by atoms with van der Waals surface area (Å²) < 4.78 is 12.9. The van der Waals surface area contributed by atoms with Crippen LogP contribution in [0.15, 0.2) is 46.8 Å². The van der Waals surface area contributed by atoms with Crippen LogP contribution in [0.4, 0.5) is 0 Å². The standard InChI is InChI=1S/C16H15NO2S2/c1-18-12-7-11(8-13(9-12)19-2)10-20-16-17-14-5-3-4-6-15(14)21-16/h3-9H,10H2,1-2H3. The molecular formula is C16H15NO2S2. The van der Waals surface area contributed by atoms with E-state index in [0.717, 1.165) is 32.7 Å². The molecule has 108 valence electrons. The van der Waals surface area contributed by atoms with Gasteiger partial charge in [-0.15, -0.1) is 11.3 Å². The van der Waals surface area contributed by atoms with Crippen LogP contribution >= 0.6 is 23.1 Å². The van der Waals surface area contributed by atoms with Gasteiger partial charge in [0.15, 0.2) is 4.34 Å². The van der Waals surface area contributed by atoms with Crippen molar-refractivity contribution < 1.29 is 9.47 Å². The summed E-state index contributed by atoms with van der Waals surface area (Å²) in [7, 11) is 3.33. The average Bonchev–Trinajstić information content (AvgIpc) is 2.95. The molecule has 21 heavy (non-hydrogen) atoms. The van der Waals surface area contributed by atoms with Crippen molar-refractivity contribution in [1.82, 2.24) is 4.98 Å². The van der Waals surface area contributed by atoms with Crippen molar-refractivity contribution in [3.63, 3.8) is 0 Å². The molecule has 0 atom stereocenters. The molecule has 0 aliphatic heterocycles. The molecule has 0 bridgehead atoms. The molecule has 5 heteroatoms. The Morgan fingerprint density at radius 1 is 1.05 bits per heavy atom. The van der Waals surface area contributed by atoms with E-state index in [0.29, 0.717) is 0 Å². The fourth-order valence-electron chi connectivity index (χ4n) is 2.01. The van der Waals surface area contributed by atoms with E-state index in [1.54, 1.807) is 37.3 Å². The van der Waals surface area contributed by atoms with Gasteiger partial charge in [-0.3, -0.25) is 0 Å².